The zero-order valence-electron chi connectivity index (χ0n) is 13.2. The summed E-state index contributed by atoms with van der Waals surface area (Å²) >= 11 is 0. The lowest BCUT2D eigenvalue weighted by molar-refractivity contribution is 0.441. The molecule has 108 valence electrons. The van der Waals surface area contributed by atoms with E-state index in [1.807, 2.05) is 26.0 Å². The Morgan fingerprint density at radius 1 is 1.16 bits per heavy atom. The summed E-state index contributed by atoms with van der Waals surface area (Å²) in [4.78, 5) is 0. The van der Waals surface area contributed by atoms with Gasteiger partial charge in [-0.25, -0.2) is 4.39 Å². The van der Waals surface area contributed by atoms with Crippen LogP contribution >= 0.6 is 0 Å². The summed E-state index contributed by atoms with van der Waals surface area (Å²) in [5.41, 5.74) is 2.80. The summed E-state index contributed by atoms with van der Waals surface area (Å²) in [7, 11) is 0. The minimum atomic E-state index is -0.0718. The lowest BCUT2D eigenvalue weighted by Gasteiger charge is -2.27. The highest BCUT2D eigenvalue weighted by Crippen LogP contribution is 2.29. The predicted octanol–water partition coefficient (Wildman–Crippen LogP) is 4.36. The summed E-state index contributed by atoms with van der Waals surface area (Å²) in [6.07, 6.45) is 1.06. The molecule has 1 N–H and O–H groups in total. The average Bonchev–Trinajstić information content (AvgIpc) is 2.31. The van der Waals surface area contributed by atoms with Gasteiger partial charge in [0.1, 0.15) is 5.82 Å². The third-order valence-electron chi connectivity index (χ3n) is 3.70. The number of halogens is 1. The first-order valence-electron chi connectivity index (χ1n) is 7.22. The van der Waals surface area contributed by atoms with Crippen LogP contribution in [-0.2, 0) is 5.41 Å². The van der Waals surface area contributed by atoms with E-state index in [4.69, 9.17) is 0 Å². The monoisotopic (exact) mass is 265 g/mol. The van der Waals surface area contributed by atoms with Crippen molar-refractivity contribution in [3.05, 3.63) is 34.6 Å². The molecular weight excluding hydrogens is 237 g/mol. The second-order valence-electron chi connectivity index (χ2n) is 6.66. The molecule has 19 heavy (non-hydrogen) atoms. The molecule has 0 aliphatic heterocycles. The third kappa shape index (κ3) is 4.61. The summed E-state index contributed by atoms with van der Waals surface area (Å²) in [5, 5.41) is 3.48. The van der Waals surface area contributed by atoms with Gasteiger partial charge in [-0.15, -0.1) is 0 Å². The lowest BCUT2D eigenvalue weighted by atomic mass is 9.80. The molecule has 0 bridgehead atoms. The quantitative estimate of drug-likeness (QED) is 0.754. The number of hydrogen-bond acceptors (Lipinski definition) is 1. The Morgan fingerprint density at radius 2 is 1.68 bits per heavy atom. The summed E-state index contributed by atoms with van der Waals surface area (Å²) in [5.74, 6) is 0.607. The highest BCUT2D eigenvalue weighted by Gasteiger charge is 2.21. The van der Waals surface area contributed by atoms with Gasteiger partial charge in [0.2, 0.25) is 0 Å². The zero-order chi connectivity index (χ0) is 14.6. The smallest absolute Gasteiger partial charge is 0.129 e. The Morgan fingerprint density at radius 3 is 2.16 bits per heavy atom. The van der Waals surface area contributed by atoms with E-state index in [1.54, 1.807) is 0 Å². The Labute approximate surface area is 117 Å². The van der Waals surface area contributed by atoms with Crippen LogP contribution in [0.2, 0.25) is 0 Å². The van der Waals surface area contributed by atoms with Crippen LogP contribution in [0.3, 0.4) is 0 Å². The maximum absolute atomic E-state index is 13.7. The van der Waals surface area contributed by atoms with Crippen molar-refractivity contribution in [3.8, 4) is 0 Å². The second-order valence-corrected chi connectivity index (χ2v) is 6.66. The van der Waals surface area contributed by atoms with E-state index in [-0.39, 0.29) is 11.2 Å². The molecule has 2 heteroatoms. The van der Waals surface area contributed by atoms with E-state index in [9.17, 15) is 4.39 Å². The Kier molecular flexibility index (Phi) is 5.54. The van der Waals surface area contributed by atoms with Gasteiger partial charge in [-0.05, 0) is 61.4 Å². The molecule has 0 amide bonds. The van der Waals surface area contributed by atoms with Crippen LogP contribution in [0.4, 0.5) is 4.39 Å². The fraction of sp³-hybridized carbons (Fsp3) is 0.647. The largest absolute Gasteiger partial charge is 0.316 e. The Hall–Kier alpha value is -0.890. The molecule has 0 unspecified atom stereocenters. The van der Waals surface area contributed by atoms with Gasteiger partial charge < -0.3 is 5.32 Å². The first kappa shape index (κ1) is 16.2. The fourth-order valence-corrected chi connectivity index (χ4v) is 2.27. The molecule has 0 spiro atoms. The second kappa shape index (κ2) is 6.51. The molecule has 0 fully saturated rings. The van der Waals surface area contributed by atoms with Crippen LogP contribution in [0.25, 0.3) is 0 Å². The van der Waals surface area contributed by atoms with Crippen molar-refractivity contribution in [1.82, 2.24) is 5.32 Å². The highest BCUT2D eigenvalue weighted by molar-refractivity contribution is 5.34. The van der Waals surface area contributed by atoms with Gasteiger partial charge in [0.15, 0.2) is 0 Å². The summed E-state index contributed by atoms with van der Waals surface area (Å²) < 4.78 is 13.7. The molecule has 0 heterocycles. The van der Waals surface area contributed by atoms with Gasteiger partial charge in [0.25, 0.3) is 0 Å². The van der Waals surface area contributed by atoms with E-state index in [2.05, 4.69) is 33.0 Å². The van der Waals surface area contributed by atoms with E-state index in [1.165, 1.54) is 5.56 Å². The molecule has 0 aliphatic rings. The maximum Gasteiger partial charge on any atom is 0.129 e. The van der Waals surface area contributed by atoms with E-state index in [0.717, 1.165) is 30.6 Å². The lowest BCUT2D eigenvalue weighted by Crippen LogP contribution is -2.28. The Balaban J connectivity index is 2.71. The molecule has 1 rings (SSSR count). The topological polar surface area (TPSA) is 12.0 Å². The maximum atomic E-state index is 13.7. The zero-order valence-corrected chi connectivity index (χ0v) is 13.2. The van der Waals surface area contributed by atoms with Crippen molar-refractivity contribution in [3.63, 3.8) is 0 Å². The molecule has 0 atom stereocenters. The molecule has 0 saturated heterocycles. The molecular formula is C17H28FN. The highest BCUT2D eigenvalue weighted by atomic mass is 19.1. The van der Waals surface area contributed by atoms with Crippen molar-refractivity contribution >= 4 is 0 Å². The number of hydrogen-bond donors (Lipinski definition) is 1. The number of rotatable bonds is 6. The van der Waals surface area contributed by atoms with Gasteiger partial charge in [0.05, 0.1) is 0 Å². The van der Waals surface area contributed by atoms with E-state index < -0.39 is 0 Å². The van der Waals surface area contributed by atoms with Gasteiger partial charge in [-0.3, -0.25) is 0 Å². The first-order chi connectivity index (χ1) is 8.74. The molecule has 0 saturated carbocycles. The molecule has 0 radical (unpaired) electrons. The third-order valence-corrected chi connectivity index (χ3v) is 3.70. The Bertz CT molecular complexity index is 398. The standard InChI is InChI=1S/C17H28FN/c1-12(2)11-19-8-7-17(5,6)15-9-13(3)16(18)14(4)10-15/h9-10,12,19H,7-8,11H2,1-6H3. The van der Waals surface area contributed by atoms with E-state index in [0.29, 0.717) is 5.92 Å². The number of aryl methyl sites for hydroxylation is 2. The van der Waals surface area contributed by atoms with Gasteiger partial charge >= 0.3 is 0 Å². The summed E-state index contributed by atoms with van der Waals surface area (Å²) in [6, 6.07) is 3.98. The van der Waals surface area contributed by atoms with Crippen molar-refractivity contribution in [1.29, 1.82) is 0 Å². The van der Waals surface area contributed by atoms with Crippen LogP contribution in [0.15, 0.2) is 12.1 Å². The first-order valence-corrected chi connectivity index (χ1v) is 7.22. The van der Waals surface area contributed by atoms with Crippen molar-refractivity contribution in [2.75, 3.05) is 13.1 Å². The number of benzene rings is 1. The minimum Gasteiger partial charge on any atom is -0.316 e. The fourth-order valence-electron chi connectivity index (χ4n) is 2.27. The molecule has 0 aromatic heterocycles. The number of nitrogens with one attached hydrogen (secondary N) is 1. The van der Waals surface area contributed by atoms with Crippen molar-refractivity contribution < 1.29 is 4.39 Å². The van der Waals surface area contributed by atoms with Crippen LogP contribution in [0, 0.1) is 25.6 Å². The van der Waals surface area contributed by atoms with Crippen LogP contribution in [-0.4, -0.2) is 13.1 Å². The van der Waals surface area contributed by atoms with Crippen molar-refractivity contribution in [2.24, 2.45) is 5.92 Å². The van der Waals surface area contributed by atoms with Crippen LogP contribution in [0.5, 0.6) is 0 Å². The van der Waals surface area contributed by atoms with Gasteiger partial charge in [0, 0.05) is 0 Å². The van der Waals surface area contributed by atoms with Gasteiger partial charge in [-0.2, -0.15) is 0 Å². The summed E-state index contributed by atoms with van der Waals surface area (Å²) in [6.45, 7) is 14.6. The van der Waals surface area contributed by atoms with Gasteiger partial charge in [-0.1, -0.05) is 39.8 Å². The molecule has 0 aliphatic carbocycles. The van der Waals surface area contributed by atoms with E-state index >= 15 is 0 Å². The molecule has 1 aromatic carbocycles. The SMILES string of the molecule is Cc1cc(C(C)(C)CCNCC(C)C)cc(C)c1F. The van der Waals surface area contributed by atoms with Crippen LogP contribution in [0.1, 0.15) is 50.8 Å². The molecule has 1 aromatic rings. The van der Waals surface area contributed by atoms with Crippen LogP contribution < -0.4 is 5.32 Å². The van der Waals surface area contributed by atoms with Crippen molar-refractivity contribution in [2.45, 2.75) is 53.4 Å². The minimum absolute atomic E-state index is 0.0718. The molecule has 1 nitrogen and oxygen atoms in total. The predicted molar refractivity (Wildman–Crippen MR) is 81.2 cm³/mol. The normalized spacial score (nSPS) is 12.2. The average molecular weight is 265 g/mol.